The first-order chi connectivity index (χ1) is 10.2. The normalized spacial score (nSPS) is 17.2. The molecule has 3 rings (SSSR count). The number of aromatic nitrogens is 4. The van der Waals surface area contributed by atoms with E-state index in [1.54, 1.807) is 28.4 Å². The third-order valence-corrected chi connectivity index (χ3v) is 4.70. The van der Waals surface area contributed by atoms with Gasteiger partial charge in [0.15, 0.2) is 0 Å². The molecule has 0 unspecified atom stereocenters. The van der Waals surface area contributed by atoms with E-state index < -0.39 is 0 Å². The molecule has 0 radical (unpaired) electrons. The minimum Gasteiger partial charge on any atom is -0.299 e. The first-order valence-electron chi connectivity index (χ1n) is 7.22. The average Bonchev–Trinajstić information content (AvgIpc) is 2.89. The largest absolute Gasteiger partial charge is 0.299 e. The Labute approximate surface area is 127 Å². The third kappa shape index (κ3) is 3.74. The smallest absolute Gasteiger partial charge is 0.253 e. The van der Waals surface area contributed by atoms with Gasteiger partial charge in [-0.3, -0.25) is 14.3 Å². The molecule has 1 fully saturated rings. The molecule has 2 aromatic rings. The Morgan fingerprint density at radius 1 is 1.33 bits per heavy atom. The number of hydrogen-bond donors (Lipinski definition) is 0. The van der Waals surface area contributed by atoms with Crippen LogP contribution in [-0.4, -0.2) is 37.7 Å². The van der Waals surface area contributed by atoms with E-state index in [2.05, 4.69) is 20.1 Å². The van der Waals surface area contributed by atoms with E-state index in [4.69, 9.17) is 0 Å². The molecule has 112 valence electrons. The van der Waals surface area contributed by atoms with Crippen LogP contribution in [0.5, 0.6) is 0 Å². The Morgan fingerprint density at radius 3 is 2.81 bits per heavy atom. The van der Waals surface area contributed by atoms with Gasteiger partial charge >= 0.3 is 0 Å². The Morgan fingerprint density at radius 2 is 2.14 bits per heavy atom. The minimum absolute atomic E-state index is 0.0387. The van der Waals surface area contributed by atoms with Gasteiger partial charge in [-0.25, -0.2) is 4.98 Å². The minimum atomic E-state index is 0.0387. The van der Waals surface area contributed by atoms with Crippen molar-refractivity contribution < 1.29 is 0 Å². The molecule has 2 aromatic heterocycles. The highest BCUT2D eigenvalue weighted by Gasteiger charge is 2.20. The summed E-state index contributed by atoms with van der Waals surface area (Å²) in [7, 11) is 0. The van der Waals surface area contributed by atoms with Crippen molar-refractivity contribution in [3.63, 3.8) is 0 Å². The number of likely N-dealkylation sites (tertiary alicyclic amines) is 1. The second kappa shape index (κ2) is 6.44. The second-order valence-corrected chi connectivity index (χ2v) is 6.77. The lowest BCUT2D eigenvalue weighted by molar-refractivity contribution is 0.166. The average molecular weight is 305 g/mol. The van der Waals surface area contributed by atoms with Crippen molar-refractivity contribution >= 4 is 11.3 Å². The van der Waals surface area contributed by atoms with E-state index in [-0.39, 0.29) is 5.56 Å². The van der Waals surface area contributed by atoms with Gasteiger partial charge in [0, 0.05) is 18.8 Å². The molecule has 21 heavy (non-hydrogen) atoms. The molecule has 7 heteroatoms. The number of hydrogen-bond acceptors (Lipinski definition) is 6. The number of nitrogens with zero attached hydrogens (tertiary/aromatic N) is 5. The van der Waals surface area contributed by atoms with E-state index in [0.717, 1.165) is 49.0 Å². The highest BCUT2D eigenvalue weighted by Crippen LogP contribution is 2.21. The summed E-state index contributed by atoms with van der Waals surface area (Å²) in [6.45, 7) is 5.76. The van der Waals surface area contributed by atoms with Crippen LogP contribution in [0.25, 0.3) is 0 Å². The Balaban J connectivity index is 1.51. The van der Waals surface area contributed by atoms with Crippen LogP contribution in [0, 0.1) is 12.8 Å². The van der Waals surface area contributed by atoms with Gasteiger partial charge in [-0.05, 0) is 38.8 Å². The summed E-state index contributed by atoms with van der Waals surface area (Å²) in [6, 6.07) is 1.52. The summed E-state index contributed by atoms with van der Waals surface area (Å²) in [5, 5.41) is 10.4. The molecule has 0 aromatic carbocycles. The fourth-order valence-electron chi connectivity index (χ4n) is 2.71. The monoisotopic (exact) mass is 305 g/mol. The van der Waals surface area contributed by atoms with E-state index in [1.165, 1.54) is 6.07 Å². The molecular weight excluding hydrogens is 286 g/mol. The molecule has 1 aliphatic heterocycles. The number of piperidine rings is 1. The Hall–Kier alpha value is -1.60. The summed E-state index contributed by atoms with van der Waals surface area (Å²) in [5.41, 5.74) is 0.0387. The molecular formula is C14H19N5OS. The Bertz CT molecular complexity index is 645. The topological polar surface area (TPSA) is 63.9 Å². The maximum absolute atomic E-state index is 11.7. The summed E-state index contributed by atoms with van der Waals surface area (Å²) in [6.07, 6.45) is 5.41. The molecule has 0 N–H and O–H groups in total. The van der Waals surface area contributed by atoms with Crippen molar-refractivity contribution in [2.45, 2.75) is 32.9 Å². The lowest BCUT2D eigenvalue weighted by Crippen LogP contribution is -2.35. The first kappa shape index (κ1) is 14.3. The van der Waals surface area contributed by atoms with E-state index in [1.807, 2.05) is 6.92 Å². The lowest BCUT2D eigenvalue weighted by Gasteiger charge is -2.31. The molecule has 0 aliphatic carbocycles. The number of rotatable bonds is 4. The maximum Gasteiger partial charge on any atom is 0.253 e. The van der Waals surface area contributed by atoms with Gasteiger partial charge in [0.1, 0.15) is 10.0 Å². The molecule has 1 aliphatic rings. The molecule has 0 spiro atoms. The van der Waals surface area contributed by atoms with Gasteiger partial charge in [0.25, 0.3) is 5.56 Å². The number of aryl methyl sites for hydroxylation is 1. The van der Waals surface area contributed by atoms with Crippen LogP contribution in [0.2, 0.25) is 0 Å². The fraction of sp³-hybridized carbons (Fsp3) is 0.571. The molecule has 0 bridgehead atoms. The highest BCUT2D eigenvalue weighted by molar-refractivity contribution is 7.11. The molecule has 1 saturated heterocycles. The Kier molecular flexibility index (Phi) is 4.40. The maximum atomic E-state index is 11.7. The summed E-state index contributed by atoms with van der Waals surface area (Å²) >= 11 is 1.67. The van der Waals surface area contributed by atoms with E-state index in [9.17, 15) is 4.79 Å². The second-order valence-electron chi connectivity index (χ2n) is 5.51. The van der Waals surface area contributed by atoms with Crippen LogP contribution < -0.4 is 5.56 Å². The lowest BCUT2D eigenvalue weighted by atomic mass is 9.97. The van der Waals surface area contributed by atoms with Crippen LogP contribution in [-0.2, 0) is 13.1 Å². The van der Waals surface area contributed by atoms with Crippen molar-refractivity contribution in [1.29, 1.82) is 0 Å². The molecule has 0 atom stereocenters. The van der Waals surface area contributed by atoms with Gasteiger partial charge in [-0.1, -0.05) is 0 Å². The zero-order valence-electron chi connectivity index (χ0n) is 12.1. The zero-order chi connectivity index (χ0) is 14.7. The van der Waals surface area contributed by atoms with Gasteiger partial charge < -0.3 is 0 Å². The van der Waals surface area contributed by atoms with Crippen molar-refractivity contribution in [1.82, 2.24) is 24.6 Å². The standard InChI is InChI=1S/C14H19N5OS/c1-11-16-17-13(21-11)9-18-6-3-12(4-7-18)8-19-10-15-5-2-14(19)20/h2,5,10,12H,3-4,6-9H2,1H3. The quantitative estimate of drug-likeness (QED) is 0.852. The predicted molar refractivity (Wildman–Crippen MR) is 81.1 cm³/mol. The molecule has 6 nitrogen and oxygen atoms in total. The van der Waals surface area contributed by atoms with Crippen LogP contribution in [0.15, 0.2) is 23.4 Å². The molecule has 0 amide bonds. The van der Waals surface area contributed by atoms with Gasteiger partial charge in [-0.2, -0.15) is 0 Å². The van der Waals surface area contributed by atoms with E-state index >= 15 is 0 Å². The first-order valence-corrected chi connectivity index (χ1v) is 8.04. The highest BCUT2D eigenvalue weighted by atomic mass is 32.1. The summed E-state index contributed by atoms with van der Waals surface area (Å²) < 4.78 is 1.72. The van der Waals surface area contributed by atoms with Crippen molar-refractivity contribution in [3.05, 3.63) is 39.0 Å². The summed E-state index contributed by atoms with van der Waals surface area (Å²) in [4.78, 5) is 18.1. The van der Waals surface area contributed by atoms with Crippen molar-refractivity contribution in [3.8, 4) is 0 Å². The van der Waals surface area contributed by atoms with Crippen LogP contribution >= 0.6 is 11.3 Å². The van der Waals surface area contributed by atoms with Crippen molar-refractivity contribution in [2.24, 2.45) is 5.92 Å². The molecule has 0 saturated carbocycles. The van der Waals surface area contributed by atoms with Gasteiger partial charge in [0.2, 0.25) is 0 Å². The third-order valence-electron chi connectivity index (χ3n) is 3.88. The zero-order valence-corrected chi connectivity index (χ0v) is 12.9. The van der Waals surface area contributed by atoms with E-state index in [0.29, 0.717) is 5.92 Å². The fourth-order valence-corrected chi connectivity index (χ4v) is 3.46. The van der Waals surface area contributed by atoms with Crippen LogP contribution in [0.1, 0.15) is 22.9 Å². The SMILES string of the molecule is Cc1nnc(CN2CCC(Cn3cnccc3=O)CC2)s1. The predicted octanol–water partition coefficient (Wildman–Crippen LogP) is 1.32. The van der Waals surface area contributed by atoms with Crippen molar-refractivity contribution in [2.75, 3.05) is 13.1 Å². The van der Waals surface area contributed by atoms with Crippen LogP contribution in [0.3, 0.4) is 0 Å². The summed E-state index contributed by atoms with van der Waals surface area (Å²) in [5.74, 6) is 0.555. The van der Waals surface area contributed by atoms with Gasteiger partial charge in [-0.15, -0.1) is 21.5 Å². The van der Waals surface area contributed by atoms with Gasteiger partial charge in [0.05, 0.1) is 12.9 Å². The van der Waals surface area contributed by atoms with Crippen LogP contribution in [0.4, 0.5) is 0 Å². The molecule has 3 heterocycles.